The summed E-state index contributed by atoms with van der Waals surface area (Å²) in [6, 6.07) is 17.0. The lowest BCUT2D eigenvalue weighted by Gasteiger charge is -2.07. The highest BCUT2D eigenvalue weighted by Gasteiger charge is 2.04. The van der Waals surface area contributed by atoms with Gasteiger partial charge in [-0.2, -0.15) is 0 Å². The Morgan fingerprint density at radius 1 is 1.08 bits per heavy atom. The molecule has 1 heterocycles. The Morgan fingerprint density at radius 2 is 1.88 bits per heavy atom. The smallest absolute Gasteiger partial charge is 0.0529 e. The lowest BCUT2D eigenvalue weighted by Crippen LogP contribution is -2.05. The first-order chi connectivity index (χ1) is 12.7. The van der Waals surface area contributed by atoms with Crippen molar-refractivity contribution in [1.29, 1.82) is 0 Å². The molecule has 2 N–H and O–H groups in total. The van der Waals surface area contributed by atoms with Gasteiger partial charge >= 0.3 is 0 Å². The van der Waals surface area contributed by atoms with E-state index in [1.807, 2.05) is 0 Å². The van der Waals surface area contributed by atoms with E-state index in [1.54, 1.807) is 0 Å². The number of hydrogen-bond donors (Lipinski definition) is 1. The second-order valence-corrected chi connectivity index (χ2v) is 7.73. The lowest BCUT2D eigenvalue weighted by atomic mass is 10.0. The van der Waals surface area contributed by atoms with Crippen LogP contribution in [0.2, 0.25) is 0 Å². The SMILES string of the molecule is CC(CCN)CCCC#Cc1ccc2c(ccn2-c2ccc(Br)cc2)c1. The minimum atomic E-state index is 0.705. The van der Waals surface area contributed by atoms with Crippen molar-refractivity contribution in [2.45, 2.75) is 32.6 Å². The molecule has 0 aliphatic rings. The molecule has 1 aromatic heterocycles. The molecular weight excluding hydrogens is 384 g/mol. The van der Waals surface area contributed by atoms with Crippen LogP contribution >= 0.6 is 15.9 Å². The Morgan fingerprint density at radius 3 is 2.65 bits per heavy atom. The molecule has 0 aliphatic heterocycles. The van der Waals surface area contributed by atoms with Crippen LogP contribution in [0.4, 0.5) is 0 Å². The molecule has 1 atom stereocenters. The maximum absolute atomic E-state index is 5.59. The van der Waals surface area contributed by atoms with E-state index < -0.39 is 0 Å². The Bertz CT molecular complexity index is 913. The highest BCUT2D eigenvalue weighted by molar-refractivity contribution is 9.10. The number of fused-ring (bicyclic) bond motifs is 1. The average molecular weight is 409 g/mol. The topological polar surface area (TPSA) is 30.9 Å². The fraction of sp³-hybridized carbons (Fsp3) is 0.304. The molecule has 0 bridgehead atoms. The van der Waals surface area contributed by atoms with E-state index in [9.17, 15) is 0 Å². The number of rotatable bonds is 6. The zero-order valence-electron chi connectivity index (χ0n) is 15.2. The molecule has 3 heteroatoms. The summed E-state index contributed by atoms with van der Waals surface area (Å²) in [6.45, 7) is 3.05. The number of nitrogens with two attached hydrogens (primary N) is 1. The summed E-state index contributed by atoms with van der Waals surface area (Å²) in [5.74, 6) is 7.33. The second-order valence-electron chi connectivity index (χ2n) is 6.81. The van der Waals surface area contributed by atoms with E-state index >= 15 is 0 Å². The zero-order valence-corrected chi connectivity index (χ0v) is 16.8. The van der Waals surface area contributed by atoms with Crippen LogP contribution in [0.25, 0.3) is 16.6 Å². The predicted octanol–water partition coefficient (Wildman–Crippen LogP) is 5.90. The summed E-state index contributed by atoms with van der Waals surface area (Å²) in [6.07, 6.45) is 6.54. The summed E-state index contributed by atoms with van der Waals surface area (Å²) in [5.41, 5.74) is 9.04. The van der Waals surface area contributed by atoms with Gasteiger partial charge in [0.05, 0.1) is 5.52 Å². The molecule has 2 nitrogen and oxygen atoms in total. The van der Waals surface area contributed by atoms with Crippen molar-refractivity contribution in [3.05, 3.63) is 64.8 Å². The largest absolute Gasteiger partial charge is 0.330 e. The van der Waals surface area contributed by atoms with Gasteiger partial charge in [0, 0.05) is 33.7 Å². The quantitative estimate of drug-likeness (QED) is 0.399. The van der Waals surface area contributed by atoms with E-state index in [-0.39, 0.29) is 0 Å². The first kappa shape index (κ1) is 18.8. The normalized spacial score (nSPS) is 12.0. The third kappa shape index (κ3) is 4.78. The maximum atomic E-state index is 5.59. The molecular formula is C23H25BrN2. The molecule has 0 saturated heterocycles. The number of halogens is 1. The first-order valence-electron chi connectivity index (χ1n) is 9.23. The maximum Gasteiger partial charge on any atom is 0.0529 e. The van der Waals surface area contributed by atoms with Gasteiger partial charge in [-0.3, -0.25) is 0 Å². The van der Waals surface area contributed by atoms with Crippen molar-refractivity contribution in [1.82, 2.24) is 4.57 Å². The third-order valence-corrected chi connectivity index (χ3v) is 5.21. The Balaban J connectivity index is 1.67. The van der Waals surface area contributed by atoms with Crippen LogP contribution in [-0.2, 0) is 0 Å². The van der Waals surface area contributed by atoms with Gasteiger partial charge in [-0.25, -0.2) is 0 Å². The third-order valence-electron chi connectivity index (χ3n) is 4.69. The summed E-state index contributed by atoms with van der Waals surface area (Å²) in [7, 11) is 0. The lowest BCUT2D eigenvalue weighted by molar-refractivity contribution is 0.485. The standard InChI is InChI=1S/C23H25BrN2/c1-18(13-15-25)5-3-2-4-6-19-7-12-23-20(17-19)14-16-26(23)22-10-8-21(24)9-11-22/h7-12,14,16-18H,2-3,5,13,15,25H2,1H3. The molecule has 0 radical (unpaired) electrons. The van der Waals surface area contributed by atoms with Gasteiger partial charge in [0.1, 0.15) is 0 Å². The predicted molar refractivity (Wildman–Crippen MR) is 115 cm³/mol. The number of aromatic nitrogens is 1. The van der Waals surface area contributed by atoms with E-state index in [2.05, 4.69) is 94.0 Å². The number of hydrogen-bond acceptors (Lipinski definition) is 1. The highest BCUT2D eigenvalue weighted by atomic mass is 79.9. The van der Waals surface area contributed by atoms with Crippen molar-refractivity contribution < 1.29 is 0 Å². The molecule has 3 rings (SSSR count). The van der Waals surface area contributed by atoms with Gasteiger partial charge in [-0.1, -0.05) is 34.7 Å². The molecule has 2 aromatic carbocycles. The molecule has 0 amide bonds. The van der Waals surface area contributed by atoms with Crippen LogP contribution in [0.15, 0.2) is 59.2 Å². The van der Waals surface area contributed by atoms with Crippen molar-refractivity contribution in [2.24, 2.45) is 11.7 Å². The zero-order chi connectivity index (χ0) is 18.4. The van der Waals surface area contributed by atoms with Gasteiger partial charge in [-0.05, 0) is 80.3 Å². The molecule has 1 unspecified atom stereocenters. The van der Waals surface area contributed by atoms with Gasteiger partial charge in [0.25, 0.3) is 0 Å². The van der Waals surface area contributed by atoms with Gasteiger partial charge in [0.2, 0.25) is 0 Å². The van der Waals surface area contributed by atoms with E-state index in [0.717, 1.165) is 41.5 Å². The number of benzene rings is 2. The Labute approximate surface area is 164 Å². The average Bonchev–Trinajstić information content (AvgIpc) is 3.05. The summed E-state index contributed by atoms with van der Waals surface area (Å²) in [4.78, 5) is 0. The molecule has 0 spiro atoms. The summed E-state index contributed by atoms with van der Waals surface area (Å²) < 4.78 is 3.30. The van der Waals surface area contributed by atoms with Crippen LogP contribution in [0.5, 0.6) is 0 Å². The fourth-order valence-electron chi connectivity index (χ4n) is 3.18. The van der Waals surface area contributed by atoms with Crippen molar-refractivity contribution in [2.75, 3.05) is 6.54 Å². The molecule has 0 fully saturated rings. The number of nitrogens with zero attached hydrogens (tertiary/aromatic N) is 1. The minimum absolute atomic E-state index is 0.705. The molecule has 3 aromatic rings. The minimum Gasteiger partial charge on any atom is -0.330 e. The van der Waals surface area contributed by atoms with Crippen molar-refractivity contribution in [3.8, 4) is 17.5 Å². The van der Waals surface area contributed by atoms with Crippen molar-refractivity contribution >= 4 is 26.8 Å². The van der Waals surface area contributed by atoms with Crippen LogP contribution in [0.3, 0.4) is 0 Å². The van der Waals surface area contributed by atoms with Crippen molar-refractivity contribution in [3.63, 3.8) is 0 Å². The monoisotopic (exact) mass is 408 g/mol. The van der Waals surface area contributed by atoms with E-state index in [1.165, 1.54) is 17.3 Å². The van der Waals surface area contributed by atoms with Crippen LogP contribution in [0, 0.1) is 17.8 Å². The Kier molecular flexibility index (Phi) is 6.55. The molecule has 134 valence electrons. The van der Waals surface area contributed by atoms with Gasteiger partial charge in [-0.15, -0.1) is 0 Å². The van der Waals surface area contributed by atoms with Crippen LogP contribution < -0.4 is 5.73 Å². The first-order valence-corrected chi connectivity index (χ1v) is 10.0. The van der Waals surface area contributed by atoms with Gasteiger partial charge < -0.3 is 10.3 Å². The molecule has 0 saturated carbocycles. The van der Waals surface area contributed by atoms with Crippen LogP contribution in [-0.4, -0.2) is 11.1 Å². The number of unbranched alkanes of at least 4 members (excludes halogenated alkanes) is 1. The fourth-order valence-corrected chi connectivity index (χ4v) is 3.44. The summed E-state index contributed by atoms with van der Waals surface area (Å²) in [5, 5.41) is 1.22. The van der Waals surface area contributed by atoms with E-state index in [4.69, 9.17) is 5.73 Å². The Hall–Kier alpha value is -2.02. The van der Waals surface area contributed by atoms with Gasteiger partial charge in [0.15, 0.2) is 0 Å². The van der Waals surface area contributed by atoms with Crippen LogP contribution in [0.1, 0.15) is 38.2 Å². The second kappa shape index (κ2) is 9.07. The summed E-state index contributed by atoms with van der Waals surface area (Å²) >= 11 is 3.49. The van der Waals surface area contributed by atoms with E-state index in [0.29, 0.717) is 5.92 Å². The molecule has 26 heavy (non-hydrogen) atoms. The molecule has 0 aliphatic carbocycles. The highest BCUT2D eigenvalue weighted by Crippen LogP contribution is 2.23.